The van der Waals surface area contributed by atoms with Crippen LogP contribution in [0.1, 0.15) is 10.4 Å². The molecule has 33 heavy (non-hydrogen) atoms. The summed E-state index contributed by atoms with van der Waals surface area (Å²) in [5.74, 6) is -0.464. The van der Waals surface area contributed by atoms with Gasteiger partial charge in [0, 0.05) is 47.1 Å². The van der Waals surface area contributed by atoms with E-state index in [1.54, 1.807) is 54.6 Å². The first-order chi connectivity index (χ1) is 15.9. The number of benzene rings is 4. The number of carboxylic acid groups (broad SMARTS) is 1. The number of hydrogen-bond acceptors (Lipinski definition) is 5. The summed E-state index contributed by atoms with van der Waals surface area (Å²) in [6, 6.07) is 23.8. The molecule has 1 aliphatic carbocycles. The van der Waals surface area contributed by atoms with Gasteiger partial charge in [-0.1, -0.05) is 18.2 Å². The van der Waals surface area contributed by atoms with Crippen LogP contribution in [0.5, 0.6) is 5.75 Å². The highest BCUT2D eigenvalue weighted by molar-refractivity contribution is 6.07. The summed E-state index contributed by atoms with van der Waals surface area (Å²) < 4.78 is 6.12. The molecular formula is C27H19NO5. The van der Waals surface area contributed by atoms with Crippen molar-refractivity contribution in [2.75, 3.05) is 11.9 Å². The van der Waals surface area contributed by atoms with Gasteiger partial charge in [-0.2, -0.15) is 0 Å². The van der Waals surface area contributed by atoms with Crippen molar-refractivity contribution in [3.63, 3.8) is 0 Å². The third kappa shape index (κ3) is 3.57. The fraction of sp³-hybridized carbons (Fsp3) is 0.0370. The molecule has 162 valence electrons. The Morgan fingerprint density at radius 2 is 1.58 bits per heavy atom. The Morgan fingerprint density at radius 3 is 2.33 bits per heavy atom. The van der Waals surface area contributed by atoms with Crippen LogP contribution in [0.15, 0.2) is 94.1 Å². The van der Waals surface area contributed by atoms with Gasteiger partial charge in [0.25, 0.3) is 0 Å². The highest BCUT2D eigenvalue weighted by Gasteiger charge is 2.21. The van der Waals surface area contributed by atoms with E-state index in [-0.39, 0.29) is 16.7 Å². The molecular weight excluding hydrogens is 418 g/mol. The van der Waals surface area contributed by atoms with E-state index in [0.29, 0.717) is 28.0 Å². The fourth-order valence-corrected chi connectivity index (χ4v) is 4.07. The molecule has 0 saturated carbocycles. The number of phenolic OH excluding ortho intramolecular Hbond substituents is 1. The average molecular weight is 437 g/mol. The maximum atomic E-state index is 12.0. The SMILES string of the molecule is CN(c1ccc(O)cc1)c1ccc2c(-c3ccccc3C(=O)O)c3ccc(=O)cc-3oc2c1. The van der Waals surface area contributed by atoms with Crippen LogP contribution in [-0.4, -0.2) is 23.2 Å². The molecule has 2 N–H and O–H groups in total. The number of aromatic hydroxyl groups is 1. The van der Waals surface area contributed by atoms with Gasteiger partial charge in [0.15, 0.2) is 5.43 Å². The van der Waals surface area contributed by atoms with Gasteiger partial charge in [-0.25, -0.2) is 4.79 Å². The summed E-state index contributed by atoms with van der Waals surface area (Å²) in [5.41, 5.74) is 4.10. The number of fused-ring (bicyclic) bond motifs is 2. The molecule has 0 aromatic heterocycles. The van der Waals surface area contributed by atoms with Crippen molar-refractivity contribution in [1.29, 1.82) is 0 Å². The highest BCUT2D eigenvalue weighted by Crippen LogP contribution is 2.42. The van der Waals surface area contributed by atoms with Gasteiger partial charge in [-0.15, -0.1) is 0 Å². The lowest BCUT2D eigenvalue weighted by molar-refractivity contribution is 0.0697. The number of aromatic carboxylic acids is 1. The molecule has 0 fully saturated rings. The number of phenols is 1. The van der Waals surface area contributed by atoms with E-state index in [1.807, 2.05) is 30.1 Å². The predicted octanol–water partition coefficient (Wildman–Crippen LogP) is 5.74. The lowest BCUT2D eigenvalue weighted by atomic mass is 9.90. The van der Waals surface area contributed by atoms with Crippen molar-refractivity contribution in [3.8, 4) is 28.2 Å². The van der Waals surface area contributed by atoms with E-state index in [0.717, 1.165) is 16.8 Å². The maximum Gasteiger partial charge on any atom is 0.336 e. The minimum atomic E-state index is -1.03. The number of hydrogen-bond donors (Lipinski definition) is 2. The van der Waals surface area contributed by atoms with Gasteiger partial charge in [0.05, 0.1) is 5.56 Å². The van der Waals surface area contributed by atoms with E-state index in [1.165, 1.54) is 12.1 Å². The molecule has 0 spiro atoms. The molecule has 3 aromatic carbocycles. The second kappa shape index (κ2) is 7.84. The van der Waals surface area contributed by atoms with Crippen LogP contribution in [0.25, 0.3) is 33.4 Å². The second-order valence-corrected chi connectivity index (χ2v) is 7.74. The second-order valence-electron chi connectivity index (χ2n) is 7.74. The van der Waals surface area contributed by atoms with Crippen molar-refractivity contribution in [2.24, 2.45) is 0 Å². The van der Waals surface area contributed by atoms with E-state index in [4.69, 9.17) is 4.42 Å². The van der Waals surface area contributed by atoms with Crippen molar-refractivity contribution in [2.45, 2.75) is 0 Å². The third-order valence-corrected chi connectivity index (χ3v) is 5.73. The van der Waals surface area contributed by atoms with Crippen LogP contribution < -0.4 is 10.3 Å². The molecule has 3 aromatic rings. The van der Waals surface area contributed by atoms with E-state index in [2.05, 4.69) is 0 Å². The van der Waals surface area contributed by atoms with E-state index >= 15 is 0 Å². The van der Waals surface area contributed by atoms with E-state index < -0.39 is 5.97 Å². The quantitative estimate of drug-likeness (QED) is 0.349. The summed E-state index contributed by atoms with van der Waals surface area (Å²) in [4.78, 5) is 25.9. The Hall–Kier alpha value is -4.58. The minimum Gasteiger partial charge on any atom is -0.508 e. The van der Waals surface area contributed by atoms with Gasteiger partial charge in [0.1, 0.15) is 17.1 Å². The molecule has 0 saturated heterocycles. The number of nitrogens with zero attached hydrogens (tertiary/aromatic N) is 1. The van der Waals surface area contributed by atoms with Crippen LogP contribution in [0.4, 0.5) is 11.4 Å². The topological polar surface area (TPSA) is 91.0 Å². The first kappa shape index (κ1) is 20.3. The molecule has 0 bridgehead atoms. The normalized spacial score (nSPS) is 11.1. The van der Waals surface area contributed by atoms with Gasteiger partial charge in [0.2, 0.25) is 0 Å². The van der Waals surface area contributed by atoms with Crippen LogP contribution in [0.3, 0.4) is 0 Å². The zero-order chi connectivity index (χ0) is 23.1. The van der Waals surface area contributed by atoms with Crippen LogP contribution in [0, 0.1) is 0 Å². The largest absolute Gasteiger partial charge is 0.508 e. The Balaban J connectivity index is 1.78. The lowest BCUT2D eigenvalue weighted by Crippen LogP contribution is -2.09. The number of carbonyl (C=O) groups is 1. The standard InChI is InChI=1S/C27H19NO5/c1-28(16-6-9-18(29)10-7-16)17-8-12-22-24(14-17)33-25-15-19(30)11-13-23(25)26(22)20-4-2-3-5-21(20)27(31)32/h2-15,29H,1H3,(H,31,32). The Kier molecular flexibility index (Phi) is 4.83. The zero-order valence-corrected chi connectivity index (χ0v) is 17.6. The first-order valence-electron chi connectivity index (χ1n) is 10.3. The van der Waals surface area contributed by atoms with E-state index in [9.17, 15) is 19.8 Å². The van der Waals surface area contributed by atoms with Crippen LogP contribution >= 0.6 is 0 Å². The minimum absolute atomic E-state index is 0.169. The Labute approximate surface area is 188 Å². The molecule has 5 rings (SSSR count). The van der Waals surface area contributed by atoms with Crippen molar-refractivity contribution >= 4 is 28.3 Å². The van der Waals surface area contributed by atoms with Crippen molar-refractivity contribution < 1.29 is 19.4 Å². The molecule has 0 atom stereocenters. The Bertz CT molecular complexity index is 1540. The number of rotatable bonds is 4. The first-order valence-corrected chi connectivity index (χ1v) is 10.3. The van der Waals surface area contributed by atoms with Gasteiger partial charge < -0.3 is 19.5 Å². The summed E-state index contributed by atoms with van der Waals surface area (Å²) in [6.45, 7) is 0. The van der Waals surface area contributed by atoms with Crippen molar-refractivity contribution in [3.05, 3.63) is 101 Å². The highest BCUT2D eigenvalue weighted by atomic mass is 16.4. The smallest absolute Gasteiger partial charge is 0.336 e. The maximum absolute atomic E-state index is 12.0. The number of anilines is 2. The fourth-order valence-electron chi connectivity index (χ4n) is 4.07. The molecule has 6 nitrogen and oxygen atoms in total. The van der Waals surface area contributed by atoms with Crippen LogP contribution in [-0.2, 0) is 0 Å². The zero-order valence-electron chi connectivity index (χ0n) is 17.6. The molecule has 0 radical (unpaired) electrons. The Morgan fingerprint density at radius 1 is 0.848 bits per heavy atom. The summed E-state index contributed by atoms with van der Waals surface area (Å²) in [7, 11) is 1.89. The molecule has 0 amide bonds. The number of carboxylic acids is 1. The molecule has 2 aliphatic rings. The molecule has 6 heteroatoms. The van der Waals surface area contributed by atoms with Gasteiger partial charge in [-0.3, -0.25) is 4.79 Å². The molecule has 1 heterocycles. The summed E-state index contributed by atoms with van der Waals surface area (Å²) >= 11 is 0. The average Bonchev–Trinajstić information content (AvgIpc) is 2.82. The third-order valence-electron chi connectivity index (χ3n) is 5.73. The van der Waals surface area contributed by atoms with Crippen molar-refractivity contribution in [1.82, 2.24) is 0 Å². The van der Waals surface area contributed by atoms with Gasteiger partial charge in [-0.05, 0) is 60.2 Å². The summed E-state index contributed by atoms with van der Waals surface area (Å²) in [6.07, 6.45) is 0. The summed E-state index contributed by atoms with van der Waals surface area (Å²) in [5, 5.41) is 20.1. The monoisotopic (exact) mass is 437 g/mol. The van der Waals surface area contributed by atoms with Gasteiger partial charge >= 0.3 is 5.97 Å². The van der Waals surface area contributed by atoms with Crippen LogP contribution in [0.2, 0.25) is 0 Å². The lowest BCUT2D eigenvalue weighted by Gasteiger charge is -2.21. The molecule has 0 unspecified atom stereocenters. The molecule has 1 aliphatic heterocycles. The predicted molar refractivity (Wildman–Crippen MR) is 128 cm³/mol.